The van der Waals surface area contributed by atoms with Crippen LogP contribution in [-0.4, -0.2) is 48.9 Å². The van der Waals surface area contributed by atoms with Gasteiger partial charge in [0, 0.05) is 20.2 Å². The van der Waals surface area contributed by atoms with Crippen molar-refractivity contribution in [3.63, 3.8) is 0 Å². The Morgan fingerprint density at radius 2 is 1.78 bits per heavy atom. The molecule has 0 amide bonds. The molecule has 0 aliphatic carbocycles. The van der Waals surface area contributed by atoms with Crippen LogP contribution in [0.5, 0.6) is 6.01 Å². The van der Waals surface area contributed by atoms with E-state index in [4.69, 9.17) is 9.47 Å². The molecule has 0 aromatic carbocycles. The maximum atomic E-state index is 5.07. The first-order valence-corrected chi connectivity index (χ1v) is 5.96. The molecule has 7 heteroatoms. The van der Waals surface area contributed by atoms with E-state index in [1.807, 2.05) is 6.92 Å². The van der Waals surface area contributed by atoms with E-state index in [2.05, 4.69) is 32.5 Å². The molecule has 2 N–H and O–H groups in total. The number of anilines is 2. The van der Waals surface area contributed by atoms with Crippen LogP contribution in [0.4, 0.5) is 11.9 Å². The monoisotopic (exact) mass is 255 g/mol. The zero-order valence-electron chi connectivity index (χ0n) is 11.4. The number of rotatable bonds is 8. The van der Waals surface area contributed by atoms with Gasteiger partial charge in [0.15, 0.2) is 0 Å². The minimum absolute atomic E-state index is 0.294. The van der Waals surface area contributed by atoms with Crippen LogP contribution in [-0.2, 0) is 4.74 Å². The third kappa shape index (κ3) is 4.70. The molecule has 1 aromatic rings. The summed E-state index contributed by atoms with van der Waals surface area (Å²) in [6.07, 6.45) is 0. The molecule has 1 heterocycles. The summed E-state index contributed by atoms with van der Waals surface area (Å²) in [5.41, 5.74) is 0. The average molecular weight is 255 g/mol. The number of hydrogen-bond acceptors (Lipinski definition) is 7. The second kappa shape index (κ2) is 7.65. The zero-order valence-corrected chi connectivity index (χ0v) is 11.4. The molecule has 7 nitrogen and oxygen atoms in total. The van der Waals surface area contributed by atoms with Gasteiger partial charge < -0.3 is 20.1 Å². The Hall–Kier alpha value is -1.63. The van der Waals surface area contributed by atoms with Crippen molar-refractivity contribution in [2.45, 2.75) is 13.8 Å². The van der Waals surface area contributed by atoms with Crippen LogP contribution in [0.25, 0.3) is 0 Å². The fourth-order valence-electron chi connectivity index (χ4n) is 1.37. The van der Waals surface area contributed by atoms with Crippen LogP contribution in [0.2, 0.25) is 0 Å². The molecule has 0 aliphatic heterocycles. The number of nitrogens with zero attached hydrogens (tertiary/aromatic N) is 3. The first kappa shape index (κ1) is 14.4. The number of methoxy groups -OCH3 is 2. The Kier molecular flexibility index (Phi) is 6.13. The van der Waals surface area contributed by atoms with Crippen molar-refractivity contribution in [1.29, 1.82) is 0 Å². The fraction of sp³-hybridized carbons (Fsp3) is 0.727. The Bertz CT molecular complexity index is 361. The van der Waals surface area contributed by atoms with E-state index in [0.717, 1.165) is 13.1 Å². The lowest BCUT2D eigenvalue weighted by Gasteiger charge is -2.12. The third-order valence-electron chi connectivity index (χ3n) is 2.19. The molecule has 1 rings (SSSR count). The Labute approximate surface area is 107 Å². The van der Waals surface area contributed by atoms with Crippen LogP contribution >= 0.6 is 0 Å². The van der Waals surface area contributed by atoms with Crippen LogP contribution in [0.15, 0.2) is 0 Å². The van der Waals surface area contributed by atoms with Crippen molar-refractivity contribution in [3.8, 4) is 6.01 Å². The topological polar surface area (TPSA) is 81.2 Å². The highest BCUT2D eigenvalue weighted by Crippen LogP contribution is 2.11. The summed E-state index contributed by atoms with van der Waals surface area (Å²) >= 11 is 0. The molecule has 1 atom stereocenters. The van der Waals surface area contributed by atoms with E-state index in [1.54, 1.807) is 7.11 Å². The molecule has 0 saturated heterocycles. The summed E-state index contributed by atoms with van der Waals surface area (Å²) in [6, 6.07) is 0.294. The van der Waals surface area contributed by atoms with Crippen molar-refractivity contribution in [2.75, 3.05) is 44.5 Å². The Morgan fingerprint density at radius 1 is 1.11 bits per heavy atom. The molecule has 0 bridgehead atoms. The summed E-state index contributed by atoms with van der Waals surface area (Å²) in [6.45, 7) is 6.22. The highest BCUT2D eigenvalue weighted by molar-refractivity contribution is 5.35. The van der Waals surface area contributed by atoms with Crippen molar-refractivity contribution in [2.24, 2.45) is 5.92 Å². The molecule has 0 spiro atoms. The Balaban J connectivity index is 2.65. The summed E-state index contributed by atoms with van der Waals surface area (Å²) in [5, 5.41) is 6.17. The largest absolute Gasteiger partial charge is 0.467 e. The summed E-state index contributed by atoms with van der Waals surface area (Å²) in [7, 11) is 3.22. The van der Waals surface area contributed by atoms with E-state index in [9.17, 15) is 0 Å². The van der Waals surface area contributed by atoms with Gasteiger partial charge in [-0.15, -0.1) is 0 Å². The lowest BCUT2D eigenvalue weighted by atomic mass is 10.2. The average Bonchev–Trinajstić information content (AvgIpc) is 2.37. The van der Waals surface area contributed by atoms with E-state index in [1.165, 1.54) is 7.11 Å². The lowest BCUT2D eigenvalue weighted by molar-refractivity contribution is 0.164. The van der Waals surface area contributed by atoms with Gasteiger partial charge in [0.05, 0.1) is 13.7 Å². The maximum absolute atomic E-state index is 5.07. The van der Waals surface area contributed by atoms with Crippen LogP contribution in [0.1, 0.15) is 13.8 Å². The summed E-state index contributed by atoms with van der Waals surface area (Å²) < 4.78 is 10.1. The smallest absolute Gasteiger partial charge is 0.322 e. The van der Waals surface area contributed by atoms with Gasteiger partial charge in [-0.2, -0.15) is 15.0 Å². The number of nitrogens with one attached hydrogen (secondary N) is 2. The van der Waals surface area contributed by atoms with Gasteiger partial charge in [0.2, 0.25) is 11.9 Å². The summed E-state index contributed by atoms with van der Waals surface area (Å²) in [4.78, 5) is 12.5. The first-order valence-electron chi connectivity index (χ1n) is 5.96. The zero-order chi connectivity index (χ0) is 13.4. The van der Waals surface area contributed by atoms with Gasteiger partial charge in [0.1, 0.15) is 0 Å². The maximum Gasteiger partial charge on any atom is 0.322 e. The van der Waals surface area contributed by atoms with Crippen LogP contribution < -0.4 is 15.4 Å². The van der Waals surface area contributed by atoms with Gasteiger partial charge >= 0.3 is 6.01 Å². The van der Waals surface area contributed by atoms with Crippen LogP contribution in [0, 0.1) is 5.92 Å². The SMILES string of the molecule is CCNc1nc(NCC(C)COC)nc(OC)n1. The number of aromatic nitrogens is 3. The van der Waals surface area contributed by atoms with E-state index in [-0.39, 0.29) is 0 Å². The quantitative estimate of drug-likeness (QED) is 0.717. The van der Waals surface area contributed by atoms with Gasteiger partial charge in [-0.05, 0) is 12.8 Å². The molecule has 18 heavy (non-hydrogen) atoms. The lowest BCUT2D eigenvalue weighted by Crippen LogP contribution is -2.18. The Morgan fingerprint density at radius 3 is 2.33 bits per heavy atom. The van der Waals surface area contributed by atoms with Gasteiger partial charge in [-0.1, -0.05) is 6.92 Å². The third-order valence-corrected chi connectivity index (χ3v) is 2.19. The van der Waals surface area contributed by atoms with Crippen molar-refractivity contribution in [3.05, 3.63) is 0 Å². The normalized spacial score (nSPS) is 12.0. The van der Waals surface area contributed by atoms with Crippen molar-refractivity contribution >= 4 is 11.9 Å². The van der Waals surface area contributed by atoms with Gasteiger partial charge in [-0.25, -0.2) is 0 Å². The molecule has 1 aromatic heterocycles. The molecule has 0 saturated carbocycles. The molecular formula is C11H21N5O2. The second-order valence-electron chi connectivity index (χ2n) is 3.94. The van der Waals surface area contributed by atoms with E-state index < -0.39 is 0 Å². The second-order valence-corrected chi connectivity index (χ2v) is 3.94. The fourth-order valence-corrected chi connectivity index (χ4v) is 1.37. The van der Waals surface area contributed by atoms with E-state index in [0.29, 0.717) is 30.4 Å². The molecule has 102 valence electrons. The van der Waals surface area contributed by atoms with Crippen LogP contribution in [0.3, 0.4) is 0 Å². The predicted octanol–water partition coefficient (Wildman–Crippen LogP) is 1.01. The predicted molar refractivity (Wildman–Crippen MR) is 70.1 cm³/mol. The van der Waals surface area contributed by atoms with Crippen molar-refractivity contribution in [1.82, 2.24) is 15.0 Å². The number of hydrogen-bond donors (Lipinski definition) is 2. The molecular weight excluding hydrogens is 234 g/mol. The molecule has 0 fully saturated rings. The highest BCUT2D eigenvalue weighted by atomic mass is 16.5. The standard InChI is InChI=1S/C11H21N5O2/c1-5-12-9-14-10(16-11(15-9)18-4)13-6-8(2)7-17-3/h8H,5-7H2,1-4H3,(H2,12,13,14,15,16). The van der Waals surface area contributed by atoms with Crippen molar-refractivity contribution < 1.29 is 9.47 Å². The minimum Gasteiger partial charge on any atom is -0.467 e. The summed E-state index contributed by atoms with van der Waals surface area (Å²) in [5.74, 6) is 1.38. The number of ether oxygens (including phenoxy) is 2. The molecule has 0 aliphatic rings. The van der Waals surface area contributed by atoms with Gasteiger partial charge in [-0.3, -0.25) is 0 Å². The van der Waals surface area contributed by atoms with E-state index >= 15 is 0 Å². The molecule has 0 radical (unpaired) electrons. The van der Waals surface area contributed by atoms with Gasteiger partial charge in [0.25, 0.3) is 0 Å². The highest BCUT2D eigenvalue weighted by Gasteiger charge is 2.07. The first-order chi connectivity index (χ1) is 8.69. The minimum atomic E-state index is 0.294. The molecule has 1 unspecified atom stereocenters.